The van der Waals surface area contributed by atoms with Crippen LogP contribution in [0, 0.1) is 5.92 Å². The number of hydrogen-bond donors (Lipinski definition) is 1. The Morgan fingerprint density at radius 1 is 1.69 bits per heavy atom. The molecule has 1 aliphatic heterocycles. The summed E-state index contributed by atoms with van der Waals surface area (Å²) in [5, 5.41) is 0.761. The van der Waals surface area contributed by atoms with Crippen LogP contribution < -0.4 is 5.73 Å². The van der Waals surface area contributed by atoms with E-state index in [9.17, 15) is 0 Å². The second kappa shape index (κ2) is 3.68. The van der Waals surface area contributed by atoms with E-state index in [1.165, 1.54) is 6.42 Å². The van der Waals surface area contributed by atoms with Crippen molar-refractivity contribution in [3.05, 3.63) is 17.2 Å². The van der Waals surface area contributed by atoms with E-state index in [1.807, 2.05) is 0 Å². The fourth-order valence-electron chi connectivity index (χ4n) is 1.94. The Morgan fingerprint density at radius 2 is 2.54 bits per heavy atom. The predicted molar refractivity (Wildman–Crippen MR) is 52.7 cm³/mol. The largest absolute Gasteiger partial charge is 0.330 e. The molecule has 0 bridgehead atoms. The normalized spacial score (nSPS) is 21.5. The zero-order valence-corrected chi connectivity index (χ0v) is 8.30. The summed E-state index contributed by atoms with van der Waals surface area (Å²) in [7, 11) is 0. The Kier molecular flexibility index (Phi) is 2.56. The van der Waals surface area contributed by atoms with Crippen LogP contribution in [0.25, 0.3) is 0 Å². The van der Waals surface area contributed by atoms with Crippen molar-refractivity contribution < 1.29 is 0 Å². The molecule has 2 heterocycles. The molecule has 13 heavy (non-hydrogen) atoms. The Bertz CT molecular complexity index is 295. The van der Waals surface area contributed by atoms with Crippen LogP contribution in [-0.2, 0) is 13.0 Å². The van der Waals surface area contributed by atoms with Crippen molar-refractivity contribution in [2.45, 2.75) is 25.8 Å². The third-order valence-electron chi connectivity index (χ3n) is 2.68. The lowest BCUT2D eigenvalue weighted by atomic mass is 9.96. The van der Waals surface area contributed by atoms with E-state index in [0.717, 1.165) is 36.9 Å². The van der Waals surface area contributed by atoms with Crippen molar-refractivity contribution in [2.75, 3.05) is 6.54 Å². The standard InChI is InChI=1S/C9H14ClN3/c10-8-5-12-9-2-1-7(3-4-11)6-13(8)9/h5,7H,1-4,6,11H2. The maximum absolute atomic E-state index is 5.99. The number of imidazole rings is 1. The van der Waals surface area contributed by atoms with Crippen LogP contribution in [0.5, 0.6) is 0 Å². The molecule has 1 atom stereocenters. The molecule has 0 radical (unpaired) electrons. The van der Waals surface area contributed by atoms with E-state index < -0.39 is 0 Å². The van der Waals surface area contributed by atoms with E-state index in [2.05, 4.69) is 9.55 Å². The lowest BCUT2D eigenvalue weighted by Gasteiger charge is -2.23. The topological polar surface area (TPSA) is 43.8 Å². The molecule has 72 valence electrons. The lowest BCUT2D eigenvalue weighted by Crippen LogP contribution is -2.22. The second-order valence-corrected chi connectivity index (χ2v) is 3.98. The number of halogens is 1. The van der Waals surface area contributed by atoms with Gasteiger partial charge < -0.3 is 10.3 Å². The Morgan fingerprint density at radius 3 is 3.31 bits per heavy atom. The summed E-state index contributed by atoms with van der Waals surface area (Å²) in [5.74, 6) is 1.81. The van der Waals surface area contributed by atoms with E-state index in [-0.39, 0.29) is 0 Å². The average Bonchev–Trinajstić information content (AvgIpc) is 2.49. The zero-order chi connectivity index (χ0) is 9.26. The number of hydrogen-bond acceptors (Lipinski definition) is 2. The number of aryl methyl sites for hydroxylation is 1. The maximum Gasteiger partial charge on any atom is 0.128 e. The number of rotatable bonds is 2. The summed E-state index contributed by atoms with van der Waals surface area (Å²) in [4.78, 5) is 4.25. The van der Waals surface area contributed by atoms with Crippen molar-refractivity contribution >= 4 is 11.6 Å². The molecule has 0 amide bonds. The molecule has 1 aromatic rings. The van der Waals surface area contributed by atoms with Crippen molar-refractivity contribution in [1.82, 2.24) is 9.55 Å². The first kappa shape index (κ1) is 9.03. The lowest BCUT2D eigenvalue weighted by molar-refractivity contribution is 0.349. The highest BCUT2D eigenvalue weighted by molar-refractivity contribution is 6.29. The van der Waals surface area contributed by atoms with Crippen LogP contribution in [0.4, 0.5) is 0 Å². The van der Waals surface area contributed by atoms with Gasteiger partial charge in [-0.05, 0) is 25.3 Å². The van der Waals surface area contributed by atoms with Gasteiger partial charge in [0.05, 0.1) is 6.20 Å². The molecule has 1 aromatic heterocycles. The summed E-state index contributed by atoms with van der Waals surface area (Å²) in [5.41, 5.74) is 5.53. The first-order valence-electron chi connectivity index (χ1n) is 4.71. The molecule has 0 spiro atoms. The number of aromatic nitrogens is 2. The third-order valence-corrected chi connectivity index (χ3v) is 2.98. The first-order chi connectivity index (χ1) is 6.31. The van der Waals surface area contributed by atoms with Crippen LogP contribution in [0.15, 0.2) is 6.20 Å². The molecule has 2 rings (SSSR count). The van der Waals surface area contributed by atoms with Gasteiger partial charge in [0.1, 0.15) is 11.0 Å². The summed E-state index contributed by atoms with van der Waals surface area (Å²) < 4.78 is 2.10. The molecule has 1 aliphatic rings. The molecule has 0 aromatic carbocycles. The van der Waals surface area contributed by atoms with Crippen LogP contribution in [0.2, 0.25) is 5.15 Å². The number of nitrogens with two attached hydrogens (primary N) is 1. The average molecular weight is 200 g/mol. The third kappa shape index (κ3) is 1.71. The highest BCUT2D eigenvalue weighted by atomic mass is 35.5. The fraction of sp³-hybridized carbons (Fsp3) is 0.667. The molecule has 2 N–H and O–H groups in total. The van der Waals surface area contributed by atoms with Gasteiger partial charge >= 0.3 is 0 Å². The SMILES string of the molecule is NCCC1CCc2ncc(Cl)n2C1. The molecule has 3 nitrogen and oxygen atoms in total. The molecular formula is C9H14ClN3. The predicted octanol–water partition coefficient (Wildman–Crippen LogP) is 1.45. The summed E-state index contributed by atoms with van der Waals surface area (Å²) in [6, 6.07) is 0. The number of nitrogens with zero attached hydrogens (tertiary/aromatic N) is 2. The molecule has 4 heteroatoms. The minimum Gasteiger partial charge on any atom is -0.330 e. The zero-order valence-electron chi connectivity index (χ0n) is 7.54. The van der Waals surface area contributed by atoms with Gasteiger partial charge in [0, 0.05) is 13.0 Å². The van der Waals surface area contributed by atoms with E-state index in [4.69, 9.17) is 17.3 Å². The van der Waals surface area contributed by atoms with Crippen LogP contribution >= 0.6 is 11.6 Å². The monoisotopic (exact) mass is 199 g/mol. The smallest absolute Gasteiger partial charge is 0.128 e. The van der Waals surface area contributed by atoms with Gasteiger partial charge in [-0.1, -0.05) is 11.6 Å². The molecule has 0 saturated carbocycles. The van der Waals surface area contributed by atoms with E-state index in [1.54, 1.807) is 6.20 Å². The minimum atomic E-state index is 0.684. The molecule has 0 fully saturated rings. The van der Waals surface area contributed by atoms with Crippen LogP contribution in [0.3, 0.4) is 0 Å². The first-order valence-corrected chi connectivity index (χ1v) is 5.09. The summed E-state index contributed by atoms with van der Waals surface area (Å²) >= 11 is 5.99. The van der Waals surface area contributed by atoms with Crippen LogP contribution in [-0.4, -0.2) is 16.1 Å². The maximum atomic E-state index is 5.99. The minimum absolute atomic E-state index is 0.684. The molecule has 1 unspecified atom stereocenters. The quantitative estimate of drug-likeness (QED) is 0.784. The van der Waals surface area contributed by atoms with Crippen molar-refractivity contribution in [3.8, 4) is 0 Å². The Hall–Kier alpha value is -0.540. The van der Waals surface area contributed by atoms with Gasteiger partial charge in [0.25, 0.3) is 0 Å². The van der Waals surface area contributed by atoms with Gasteiger partial charge in [-0.3, -0.25) is 0 Å². The number of fused-ring (bicyclic) bond motifs is 1. The van der Waals surface area contributed by atoms with Gasteiger partial charge in [-0.25, -0.2) is 4.98 Å². The van der Waals surface area contributed by atoms with Crippen molar-refractivity contribution in [2.24, 2.45) is 11.7 Å². The van der Waals surface area contributed by atoms with Crippen molar-refractivity contribution in [3.63, 3.8) is 0 Å². The molecule has 0 saturated heterocycles. The van der Waals surface area contributed by atoms with Gasteiger partial charge in [-0.15, -0.1) is 0 Å². The second-order valence-electron chi connectivity index (χ2n) is 3.59. The Labute approximate surface area is 82.9 Å². The van der Waals surface area contributed by atoms with Gasteiger partial charge in [0.2, 0.25) is 0 Å². The van der Waals surface area contributed by atoms with Gasteiger partial charge in [0.15, 0.2) is 0 Å². The fourth-order valence-corrected chi connectivity index (χ4v) is 2.15. The summed E-state index contributed by atoms with van der Waals surface area (Å²) in [6.45, 7) is 1.76. The Balaban J connectivity index is 2.13. The summed E-state index contributed by atoms with van der Waals surface area (Å²) in [6.07, 6.45) is 5.07. The molecular weight excluding hydrogens is 186 g/mol. The highest BCUT2D eigenvalue weighted by Gasteiger charge is 2.20. The van der Waals surface area contributed by atoms with E-state index >= 15 is 0 Å². The van der Waals surface area contributed by atoms with Gasteiger partial charge in [-0.2, -0.15) is 0 Å². The van der Waals surface area contributed by atoms with E-state index in [0.29, 0.717) is 5.92 Å². The highest BCUT2D eigenvalue weighted by Crippen LogP contribution is 2.24. The molecule has 0 aliphatic carbocycles. The van der Waals surface area contributed by atoms with Crippen LogP contribution in [0.1, 0.15) is 18.7 Å². The van der Waals surface area contributed by atoms with Crippen molar-refractivity contribution in [1.29, 1.82) is 0 Å².